The van der Waals surface area contributed by atoms with Crippen LogP contribution < -0.4 is 0 Å². The molecule has 1 saturated heterocycles. The van der Waals surface area contributed by atoms with Crippen LogP contribution in [0.1, 0.15) is 61.8 Å². The van der Waals surface area contributed by atoms with Gasteiger partial charge in [0.2, 0.25) is 0 Å². The number of ether oxygens (including phenoxy) is 3. The van der Waals surface area contributed by atoms with Crippen molar-refractivity contribution >= 4 is 35.1 Å². The summed E-state index contributed by atoms with van der Waals surface area (Å²) in [6.45, 7) is 2.91. The number of imide groups is 1. The van der Waals surface area contributed by atoms with Gasteiger partial charge in [-0.2, -0.15) is 0 Å². The van der Waals surface area contributed by atoms with Crippen LogP contribution >= 0.6 is 0 Å². The van der Waals surface area contributed by atoms with Gasteiger partial charge in [0, 0.05) is 32.6 Å². The molecule has 2 amide bonds. The fraction of sp³-hybridized carbons (Fsp3) is 0.406. The molecule has 3 atom stereocenters. The number of esters is 1. The van der Waals surface area contributed by atoms with Crippen molar-refractivity contribution < 1.29 is 43.3 Å². The largest absolute Gasteiger partial charge is 0.451 e. The molecule has 10 heteroatoms. The predicted molar refractivity (Wildman–Crippen MR) is 153 cm³/mol. The first-order chi connectivity index (χ1) is 20.2. The van der Waals surface area contributed by atoms with Gasteiger partial charge in [-0.3, -0.25) is 19.2 Å². The third-order valence-corrected chi connectivity index (χ3v) is 6.87. The number of hydrogen-bond donors (Lipinski definition) is 1. The van der Waals surface area contributed by atoms with Crippen LogP contribution in [0.3, 0.4) is 0 Å². The van der Waals surface area contributed by atoms with Gasteiger partial charge < -0.3 is 19.3 Å². The Bertz CT molecular complexity index is 1300. The fourth-order valence-corrected chi connectivity index (χ4v) is 4.77. The topological polar surface area (TPSA) is 137 Å². The number of ketones is 2. The van der Waals surface area contributed by atoms with Gasteiger partial charge in [0.05, 0.1) is 0 Å². The number of cyclic esters (lactones) is 1. The molecule has 0 spiro atoms. The molecular weight excluding hydrogens is 542 g/mol. The summed E-state index contributed by atoms with van der Waals surface area (Å²) in [5.41, 5.74) is 2.10. The minimum atomic E-state index is -1.78. The molecule has 2 aromatic rings. The van der Waals surface area contributed by atoms with E-state index in [1.807, 2.05) is 13.0 Å². The van der Waals surface area contributed by atoms with Gasteiger partial charge in [0.1, 0.15) is 12.6 Å². The van der Waals surface area contributed by atoms with E-state index in [4.69, 9.17) is 19.3 Å². The van der Waals surface area contributed by atoms with Gasteiger partial charge in [-0.15, -0.1) is 0 Å². The van der Waals surface area contributed by atoms with Gasteiger partial charge in [0.25, 0.3) is 5.91 Å². The first kappa shape index (κ1) is 32.4. The number of rotatable bonds is 15. The van der Waals surface area contributed by atoms with Gasteiger partial charge in [0.15, 0.2) is 23.8 Å². The van der Waals surface area contributed by atoms with Crippen LogP contribution in [0.25, 0.3) is 5.57 Å². The monoisotopic (exact) mass is 579 g/mol. The van der Waals surface area contributed by atoms with Crippen LogP contribution in [-0.4, -0.2) is 72.1 Å². The Morgan fingerprint density at radius 3 is 2.38 bits per heavy atom. The number of nitrogens with zero attached hydrogens (tertiary/aromatic N) is 1. The lowest BCUT2D eigenvalue weighted by Crippen LogP contribution is -2.51. The van der Waals surface area contributed by atoms with E-state index in [0.29, 0.717) is 24.0 Å². The molecule has 3 unspecified atom stereocenters. The van der Waals surface area contributed by atoms with Crippen LogP contribution in [-0.2, 0) is 33.4 Å². The van der Waals surface area contributed by atoms with Crippen LogP contribution in [0.15, 0.2) is 60.7 Å². The number of amides is 2. The molecule has 1 aliphatic heterocycles. The Labute approximate surface area is 245 Å². The molecule has 2 aromatic carbocycles. The van der Waals surface area contributed by atoms with Gasteiger partial charge in [-0.25, -0.2) is 9.69 Å². The van der Waals surface area contributed by atoms with Crippen molar-refractivity contribution in [2.45, 2.75) is 64.2 Å². The smallest absolute Gasteiger partial charge is 0.417 e. The summed E-state index contributed by atoms with van der Waals surface area (Å²) in [6.07, 6.45) is -0.467. The molecule has 3 rings (SSSR count). The Morgan fingerprint density at radius 2 is 1.74 bits per heavy atom. The Kier molecular flexibility index (Phi) is 12.1. The molecule has 0 saturated carbocycles. The van der Waals surface area contributed by atoms with E-state index in [9.17, 15) is 24.0 Å². The lowest BCUT2D eigenvalue weighted by atomic mass is 9.94. The number of benzene rings is 2. The maximum atomic E-state index is 13.7. The lowest BCUT2D eigenvalue weighted by molar-refractivity contribution is -0.166. The standard InChI is InChI=1S/C32H37NO9/c1-21-12-11-15-24(18-21)25(27(36)16-9-4-5-10-17-34)19-28(37)29(42-22(2)35)30(40-3)31(38)33-26(20-41-32(33)39)23-13-7-6-8-14-23/h6-8,11-15,18-19,26,29-30,34H,4-5,9-10,16-17,20H2,1-3H3. The van der Waals surface area contributed by atoms with Crippen LogP contribution in [0.4, 0.5) is 4.79 Å². The molecule has 0 aliphatic carbocycles. The number of unbranched alkanes of at least 4 members (excludes halogenated alkanes) is 3. The van der Waals surface area contributed by atoms with E-state index in [-0.39, 0.29) is 31.0 Å². The first-order valence-electron chi connectivity index (χ1n) is 13.9. The molecule has 224 valence electrons. The van der Waals surface area contributed by atoms with Crippen molar-refractivity contribution in [3.63, 3.8) is 0 Å². The lowest BCUT2D eigenvalue weighted by Gasteiger charge is -2.28. The molecule has 1 heterocycles. The molecule has 42 heavy (non-hydrogen) atoms. The summed E-state index contributed by atoms with van der Waals surface area (Å²) in [6, 6.07) is 15.0. The van der Waals surface area contributed by atoms with Crippen molar-refractivity contribution in [2.24, 2.45) is 0 Å². The SMILES string of the molecule is COC(C(=O)N1C(=O)OCC1c1ccccc1)C(OC(C)=O)C(=O)C=C(C(=O)CCCCCCO)c1cccc(C)c1. The number of Topliss-reactive ketones (excluding diaryl/α,β-unsaturated/α-hetero) is 1. The van der Waals surface area contributed by atoms with Crippen molar-refractivity contribution in [2.75, 3.05) is 20.3 Å². The first-order valence-corrected chi connectivity index (χ1v) is 13.9. The summed E-state index contributed by atoms with van der Waals surface area (Å²) in [5.74, 6) is -2.92. The zero-order valence-electron chi connectivity index (χ0n) is 24.1. The molecule has 1 aliphatic rings. The van der Waals surface area contributed by atoms with Crippen LogP contribution in [0.2, 0.25) is 0 Å². The highest BCUT2D eigenvalue weighted by Gasteiger charge is 2.46. The number of carbonyl (C=O) groups excluding carboxylic acids is 5. The van der Waals surface area contributed by atoms with E-state index < -0.39 is 42.0 Å². The Balaban J connectivity index is 1.95. The normalized spacial score (nSPS) is 16.5. The highest BCUT2D eigenvalue weighted by Crippen LogP contribution is 2.30. The minimum Gasteiger partial charge on any atom is -0.451 e. The van der Waals surface area contributed by atoms with Crippen molar-refractivity contribution in [3.8, 4) is 0 Å². The number of aliphatic hydroxyl groups excluding tert-OH is 1. The molecule has 1 N–H and O–H groups in total. The van der Waals surface area contributed by atoms with Crippen molar-refractivity contribution in [1.29, 1.82) is 0 Å². The third kappa shape index (κ3) is 8.43. The summed E-state index contributed by atoms with van der Waals surface area (Å²) in [4.78, 5) is 66.4. The van der Waals surface area contributed by atoms with E-state index in [2.05, 4.69) is 0 Å². The zero-order chi connectivity index (χ0) is 30.6. The zero-order valence-corrected chi connectivity index (χ0v) is 24.1. The third-order valence-electron chi connectivity index (χ3n) is 6.87. The molecule has 0 bridgehead atoms. The van der Waals surface area contributed by atoms with Gasteiger partial charge in [-0.1, -0.05) is 73.0 Å². The highest BCUT2D eigenvalue weighted by atomic mass is 16.6. The Morgan fingerprint density at radius 1 is 1.02 bits per heavy atom. The number of aliphatic hydroxyl groups is 1. The quantitative estimate of drug-likeness (QED) is 0.188. The maximum Gasteiger partial charge on any atom is 0.417 e. The average molecular weight is 580 g/mol. The van der Waals surface area contributed by atoms with Crippen molar-refractivity contribution in [3.05, 3.63) is 77.4 Å². The number of allylic oxidation sites excluding steroid dienone is 1. The average Bonchev–Trinajstić information content (AvgIpc) is 3.36. The second-order valence-corrected chi connectivity index (χ2v) is 10.0. The number of methoxy groups -OCH3 is 1. The highest BCUT2D eigenvalue weighted by molar-refractivity contribution is 6.25. The number of aryl methyl sites for hydroxylation is 1. The predicted octanol–water partition coefficient (Wildman–Crippen LogP) is 4.13. The second kappa shape index (κ2) is 15.7. The van der Waals surface area contributed by atoms with Crippen LogP contribution in [0.5, 0.6) is 0 Å². The maximum absolute atomic E-state index is 13.7. The van der Waals surface area contributed by atoms with Crippen LogP contribution in [0, 0.1) is 6.92 Å². The van der Waals surface area contributed by atoms with E-state index in [1.165, 1.54) is 0 Å². The van der Waals surface area contributed by atoms with Crippen molar-refractivity contribution in [1.82, 2.24) is 4.90 Å². The molecule has 0 aromatic heterocycles. The number of hydrogen-bond acceptors (Lipinski definition) is 9. The molecule has 0 radical (unpaired) electrons. The fourth-order valence-electron chi connectivity index (χ4n) is 4.77. The Hall–Kier alpha value is -4.15. The van der Waals surface area contributed by atoms with E-state index in [0.717, 1.165) is 43.4 Å². The molecular formula is C32H37NO9. The van der Waals surface area contributed by atoms with E-state index in [1.54, 1.807) is 48.5 Å². The molecule has 10 nitrogen and oxygen atoms in total. The van der Waals surface area contributed by atoms with Gasteiger partial charge in [-0.05, 0) is 37.0 Å². The summed E-state index contributed by atoms with van der Waals surface area (Å²) >= 11 is 0. The minimum absolute atomic E-state index is 0.0784. The van der Waals surface area contributed by atoms with Gasteiger partial charge >= 0.3 is 12.1 Å². The molecule has 1 fully saturated rings. The number of carbonyl (C=O) groups is 5. The summed E-state index contributed by atoms with van der Waals surface area (Å²) in [5, 5.41) is 9.00. The second-order valence-electron chi connectivity index (χ2n) is 10.0. The summed E-state index contributed by atoms with van der Waals surface area (Å²) in [7, 11) is 1.16. The summed E-state index contributed by atoms with van der Waals surface area (Å²) < 4.78 is 15.8. The van der Waals surface area contributed by atoms with E-state index >= 15 is 0 Å².